The molecule has 31 heavy (non-hydrogen) atoms. The number of hydrogen-bond acceptors (Lipinski definition) is 8. The zero-order chi connectivity index (χ0) is 21.4. The number of ether oxygens (including phenoxy) is 2. The number of benzene rings is 2. The molecular formula is C20H20N4O6S. The third-order valence-electron chi connectivity index (χ3n) is 5.60. The molecule has 0 bridgehead atoms. The molecule has 2 aliphatic heterocycles. The predicted octanol–water partition coefficient (Wildman–Crippen LogP) is 1.67. The van der Waals surface area contributed by atoms with Gasteiger partial charge in [-0.2, -0.15) is 4.31 Å². The summed E-state index contributed by atoms with van der Waals surface area (Å²) in [5, 5.41) is 10.4. The van der Waals surface area contributed by atoms with Crippen LogP contribution in [0.3, 0.4) is 0 Å². The molecule has 1 amide bonds. The Bertz CT molecular complexity index is 1230. The lowest BCUT2D eigenvalue weighted by molar-refractivity contribution is -0.126. The number of fused-ring (bicyclic) bond motifs is 2. The number of nitrogens with zero attached hydrogens (tertiary/aromatic N) is 3. The molecule has 0 spiro atoms. The van der Waals surface area contributed by atoms with Crippen molar-refractivity contribution in [3.05, 3.63) is 42.0 Å². The number of carbonyl (C=O) groups excluding carboxylic acids is 1. The average Bonchev–Trinajstić information content (AvgIpc) is 3.46. The number of carbonyl (C=O) groups is 1. The summed E-state index contributed by atoms with van der Waals surface area (Å²) < 4.78 is 42.8. The highest BCUT2D eigenvalue weighted by atomic mass is 32.2. The lowest BCUT2D eigenvalue weighted by atomic mass is 9.97. The normalized spacial score (nSPS) is 17.2. The van der Waals surface area contributed by atoms with Crippen molar-refractivity contribution in [3.8, 4) is 11.5 Å². The van der Waals surface area contributed by atoms with Gasteiger partial charge in [0.1, 0.15) is 10.4 Å². The Balaban J connectivity index is 1.20. The zero-order valence-corrected chi connectivity index (χ0v) is 17.3. The van der Waals surface area contributed by atoms with Crippen LogP contribution in [-0.2, 0) is 21.4 Å². The second kappa shape index (κ2) is 7.82. The van der Waals surface area contributed by atoms with Gasteiger partial charge >= 0.3 is 0 Å². The van der Waals surface area contributed by atoms with Crippen LogP contribution < -0.4 is 14.8 Å². The van der Waals surface area contributed by atoms with E-state index in [1.165, 1.54) is 10.4 Å². The summed E-state index contributed by atoms with van der Waals surface area (Å²) in [6, 6.07) is 10.3. The highest BCUT2D eigenvalue weighted by Crippen LogP contribution is 2.32. The number of aromatic nitrogens is 2. The minimum Gasteiger partial charge on any atom is -0.454 e. The molecular weight excluding hydrogens is 424 g/mol. The summed E-state index contributed by atoms with van der Waals surface area (Å²) in [5.74, 6) is 1.03. The summed E-state index contributed by atoms with van der Waals surface area (Å²) >= 11 is 0. The SMILES string of the molecule is O=C(NCc1ccc2c(c1)OCO2)C1CCN(S(=O)(=O)c2cccc3nonc23)CC1. The van der Waals surface area contributed by atoms with Crippen LogP contribution in [0.15, 0.2) is 45.9 Å². The van der Waals surface area contributed by atoms with Gasteiger partial charge in [-0.15, -0.1) is 0 Å². The van der Waals surface area contributed by atoms with Crippen LogP contribution in [0.25, 0.3) is 11.0 Å². The fraction of sp³-hybridized carbons (Fsp3) is 0.350. The van der Waals surface area contributed by atoms with Crippen molar-refractivity contribution >= 4 is 27.0 Å². The molecule has 0 atom stereocenters. The summed E-state index contributed by atoms with van der Waals surface area (Å²) in [5.41, 5.74) is 1.51. The first-order valence-corrected chi connectivity index (χ1v) is 11.3. The van der Waals surface area contributed by atoms with Crippen LogP contribution >= 0.6 is 0 Å². The number of hydrogen-bond donors (Lipinski definition) is 1. The second-order valence-corrected chi connectivity index (χ2v) is 9.38. The van der Waals surface area contributed by atoms with E-state index in [1.807, 2.05) is 18.2 Å². The summed E-state index contributed by atoms with van der Waals surface area (Å²) in [4.78, 5) is 12.7. The van der Waals surface area contributed by atoms with Crippen molar-refractivity contribution in [2.45, 2.75) is 24.3 Å². The lowest BCUT2D eigenvalue weighted by Crippen LogP contribution is -2.42. The Morgan fingerprint density at radius 1 is 1.10 bits per heavy atom. The van der Waals surface area contributed by atoms with E-state index in [4.69, 9.17) is 9.47 Å². The van der Waals surface area contributed by atoms with Gasteiger partial charge in [-0.3, -0.25) is 4.79 Å². The summed E-state index contributed by atoms with van der Waals surface area (Å²) in [7, 11) is -3.76. The molecule has 11 heteroatoms. The Hall–Kier alpha value is -3.18. The Labute approximate surface area is 178 Å². The maximum absolute atomic E-state index is 13.1. The summed E-state index contributed by atoms with van der Waals surface area (Å²) in [6.07, 6.45) is 0.887. The van der Waals surface area contributed by atoms with Crippen molar-refractivity contribution in [2.75, 3.05) is 19.9 Å². The molecule has 10 nitrogen and oxygen atoms in total. The minimum atomic E-state index is -3.76. The maximum Gasteiger partial charge on any atom is 0.245 e. The number of amides is 1. The smallest absolute Gasteiger partial charge is 0.245 e. The molecule has 2 aliphatic rings. The number of sulfonamides is 1. The summed E-state index contributed by atoms with van der Waals surface area (Å²) in [6.45, 7) is 1.08. The largest absolute Gasteiger partial charge is 0.454 e. The van der Waals surface area contributed by atoms with E-state index < -0.39 is 10.0 Å². The van der Waals surface area contributed by atoms with Gasteiger partial charge in [0, 0.05) is 25.6 Å². The second-order valence-electron chi connectivity index (χ2n) is 7.47. The first kappa shape index (κ1) is 19.8. The Morgan fingerprint density at radius 3 is 2.74 bits per heavy atom. The Kier molecular flexibility index (Phi) is 4.98. The van der Waals surface area contributed by atoms with Crippen LogP contribution in [-0.4, -0.2) is 48.8 Å². The molecule has 0 aliphatic carbocycles. The van der Waals surface area contributed by atoms with Gasteiger partial charge in [-0.1, -0.05) is 12.1 Å². The van der Waals surface area contributed by atoms with Gasteiger partial charge in [0.05, 0.1) is 0 Å². The molecule has 3 heterocycles. The van der Waals surface area contributed by atoms with E-state index in [0.717, 1.165) is 5.56 Å². The van der Waals surface area contributed by atoms with Crippen LogP contribution in [0.2, 0.25) is 0 Å². The van der Waals surface area contributed by atoms with Crippen LogP contribution in [0.4, 0.5) is 0 Å². The van der Waals surface area contributed by atoms with Gasteiger partial charge < -0.3 is 14.8 Å². The minimum absolute atomic E-state index is 0.0666. The molecule has 1 fully saturated rings. The Morgan fingerprint density at radius 2 is 1.90 bits per heavy atom. The molecule has 0 saturated carbocycles. The monoisotopic (exact) mass is 444 g/mol. The lowest BCUT2D eigenvalue weighted by Gasteiger charge is -2.30. The first-order valence-electron chi connectivity index (χ1n) is 9.90. The quantitative estimate of drug-likeness (QED) is 0.630. The molecule has 1 N–H and O–H groups in total. The highest BCUT2D eigenvalue weighted by Gasteiger charge is 2.33. The first-order chi connectivity index (χ1) is 15.0. The molecule has 162 valence electrons. The number of nitrogens with one attached hydrogen (secondary N) is 1. The van der Waals surface area contributed by atoms with Crippen molar-refractivity contribution in [3.63, 3.8) is 0 Å². The number of rotatable bonds is 5. The van der Waals surface area contributed by atoms with E-state index in [9.17, 15) is 13.2 Å². The molecule has 2 aromatic carbocycles. The van der Waals surface area contributed by atoms with Gasteiger partial charge in [0.25, 0.3) is 0 Å². The standard InChI is InChI=1S/C20H20N4O6S/c25-20(21-11-13-4-5-16-17(10-13)29-12-28-16)14-6-8-24(9-7-14)31(26,27)18-3-1-2-15-19(18)23-30-22-15/h1-5,10,14H,6-9,11-12H2,(H,21,25). The van der Waals surface area contributed by atoms with Crippen LogP contribution in [0, 0.1) is 5.92 Å². The van der Waals surface area contributed by atoms with Crippen molar-refractivity contribution < 1.29 is 27.3 Å². The van der Waals surface area contributed by atoms with Gasteiger partial charge in [0.15, 0.2) is 17.0 Å². The van der Waals surface area contributed by atoms with Gasteiger partial charge in [-0.25, -0.2) is 13.0 Å². The van der Waals surface area contributed by atoms with E-state index in [1.54, 1.807) is 12.1 Å². The third kappa shape index (κ3) is 3.70. The molecule has 3 aromatic rings. The van der Waals surface area contributed by atoms with Crippen molar-refractivity contribution in [1.82, 2.24) is 19.9 Å². The third-order valence-corrected chi connectivity index (χ3v) is 7.53. The van der Waals surface area contributed by atoms with E-state index >= 15 is 0 Å². The molecule has 1 aromatic heterocycles. The topological polar surface area (TPSA) is 124 Å². The van der Waals surface area contributed by atoms with Crippen molar-refractivity contribution in [2.24, 2.45) is 5.92 Å². The van der Waals surface area contributed by atoms with Crippen LogP contribution in [0.5, 0.6) is 11.5 Å². The molecule has 1 saturated heterocycles. The fourth-order valence-electron chi connectivity index (χ4n) is 3.87. The van der Waals surface area contributed by atoms with Crippen LogP contribution in [0.1, 0.15) is 18.4 Å². The average molecular weight is 444 g/mol. The van der Waals surface area contributed by atoms with Gasteiger partial charge in [0.2, 0.25) is 22.7 Å². The highest BCUT2D eigenvalue weighted by molar-refractivity contribution is 7.89. The zero-order valence-electron chi connectivity index (χ0n) is 16.5. The maximum atomic E-state index is 13.1. The van der Waals surface area contributed by atoms with E-state index in [0.29, 0.717) is 36.4 Å². The molecule has 0 unspecified atom stereocenters. The van der Waals surface area contributed by atoms with E-state index in [2.05, 4.69) is 20.3 Å². The van der Waals surface area contributed by atoms with Crippen molar-refractivity contribution in [1.29, 1.82) is 0 Å². The molecule has 0 radical (unpaired) electrons. The molecule has 5 rings (SSSR count). The fourth-order valence-corrected chi connectivity index (χ4v) is 5.48. The van der Waals surface area contributed by atoms with E-state index in [-0.39, 0.29) is 42.1 Å². The number of piperidine rings is 1. The van der Waals surface area contributed by atoms with Gasteiger partial charge in [-0.05, 0) is 53.0 Å². The predicted molar refractivity (Wildman–Crippen MR) is 108 cm³/mol.